The lowest BCUT2D eigenvalue weighted by Crippen LogP contribution is -2.46. The van der Waals surface area contributed by atoms with Gasteiger partial charge in [0.2, 0.25) is 0 Å². The highest BCUT2D eigenvalue weighted by Crippen LogP contribution is 2.30. The van der Waals surface area contributed by atoms with Gasteiger partial charge in [0.25, 0.3) is 0 Å². The Kier molecular flexibility index (Phi) is 8.90. The molecular formula is C21H34ClNO3S. The average molecular weight is 416 g/mol. The van der Waals surface area contributed by atoms with Crippen molar-refractivity contribution in [3.05, 3.63) is 24.3 Å². The Labute approximate surface area is 170 Å². The van der Waals surface area contributed by atoms with Gasteiger partial charge in [-0.1, -0.05) is 38.5 Å². The lowest BCUT2D eigenvalue weighted by Gasteiger charge is -2.41. The first-order valence-electron chi connectivity index (χ1n) is 10.3. The van der Waals surface area contributed by atoms with E-state index in [2.05, 4.69) is 4.90 Å². The summed E-state index contributed by atoms with van der Waals surface area (Å²) in [6.45, 7) is 0.895. The minimum absolute atomic E-state index is 0. The zero-order chi connectivity index (χ0) is 18.4. The fourth-order valence-corrected chi connectivity index (χ4v) is 5.99. The molecule has 0 aromatic heterocycles. The first-order chi connectivity index (χ1) is 12.6. The number of aromatic hydroxyl groups is 1. The maximum Gasteiger partial charge on any atom is 0.178 e. The molecule has 0 atom stereocenters. The maximum absolute atomic E-state index is 12.6. The smallest absolute Gasteiger partial charge is 0.178 e. The van der Waals surface area contributed by atoms with Crippen molar-refractivity contribution < 1.29 is 13.5 Å². The summed E-state index contributed by atoms with van der Waals surface area (Å²) >= 11 is 0. The van der Waals surface area contributed by atoms with Crippen LogP contribution in [-0.2, 0) is 9.84 Å². The SMILES string of the molecule is Cl.O=S(=O)(CCCN(C1CCCCC1)C1CCCCC1)c1ccc(O)cc1. The van der Waals surface area contributed by atoms with Crippen molar-refractivity contribution in [2.45, 2.75) is 87.6 Å². The Morgan fingerprint density at radius 1 is 0.852 bits per heavy atom. The van der Waals surface area contributed by atoms with E-state index in [-0.39, 0.29) is 23.9 Å². The Hall–Kier alpha value is -0.780. The van der Waals surface area contributed by atoms with Crippen LogP contribution in [0.5, 0.6) is 5.75 Å². The summed E-state index contributed by atoms with van der Waals surface area (Å²) in [4.78, 5) is 2.99. The molecule has 1 aromatic rings. The summed E-state index contributed by atoms with van der Waals surface area (Å²) in [6, 6.07) is 7.22. The van der Waals surface area contributed by atoms with Gasteiger partial charge in [-0.05, 0) is 62.9 Å². The number of phenolic OH excluding ortho intramolecular Hbond substituents is 1. The number of sulfone groups is 1. The third-order valence-corrected chi connectivity index (χ3v) is 7.93. The molecule has 0 amide bonds. The van der Waals surface area contributed by atoms with Crippen LogP contribution in [0.2, 0.25) is 0 Å². The van der Waals surface area contributed by atoms with Crippen LogP contribution in [0.1, 0.15) is 70.6 Å². The maximum atomic E-state index is 12.6. The van der Waals surface area contributed by atoms with Crippen LogP contribution in [0, 0.1) is 0 Å². The van der Waals surface area contributed by atoms with Crippen molar-refractivity contribution in [3.63, 3.8) is 0 Å². The molecule has 4 nitrogen and oxygen atoms in total. The van der Waals surface area contributed by atoms with Crippen LogP contribution in [0.4, 0.5) is 0 Å². The van der Waals surface area contributed by atoms with Gasteiger partial charge in [-0.2, -0.15) is 0 Å². The van der Waals surface area contributed by atoms with E-state index in [4.69, 9.17) is 0 Å². The fourth-order valence-electron chi connectivity index (χ4n) is 4.70. The monoisotopic (exact) mass is 415 g/mol. The van der Waals surface area contributed by atoms with E-state index < -0.39 is 9.84 Å². The highest BCUT2D eigenvalue weighted by molar-refractivity contribution is 7.91. The summed E-state index contributed by atoms with van der Waals surface area (Å²) in [7, 11) is -3.27. The van der Waals surface area contributed by atoms with Gasteiger partial charge in [-0.3, -0.25) is 4.90 Å². The topological polar surface area (TPSA) is 57.6 Å². The standard InChI is InChI=1S/C21H33NO3S.ClH/c23-20-12-14-21(15-13-20)26(24,25)17-7-16-22(18-8-3-1-4-9-18)19-10-5-2-6-11-19;/h12-15,18-19,23H,1-11,16-17H2;1H. The molecule has 0 saturated heterocycles. The second kappa shape index (κ2) is 10.7. The van der Waals surface area contributed by atoms with E-state index in [0.29, 0.717) is 23.4 Å². The molecule has 2 aliphatic carbocycles. The summed E-state index contributed by atoms with van der Waals surface area (Å²) in [5, 5.41) is 9.36. The molecule has 154 valence electrons. The van der Waals surface area contributed by atoms with Crippen LogP contribution in [0.3, 0.4) is 0 Å². The fraction of sp³-hybridized carbons (Fsp3) is 0.714. The summed E-state index contributed by atoms with van der Waals surface area (Å²) < 4.78 is 25.2. The first kappa shape index (κ1) is 22.5. The van der Waals surface area contributed by atoms with Gasteiger partial charge in [-0.15, -0.1) is 12.4 Å². The normalized spacial score (nSPS) is 19.7. The molecule has 0 aliphatic heterocycles. The van der Waals surface area contributed by atoms with Crippen LogP contribution in [-0.4, -0.2) is 42.8 Å². The molecule has 1 N–H and O–H groups in total. The molecule has 3 rings (SSSR count). The minimum atomic E-state index is -3.27. The van der Waals surface area contributed by atoms with Gasteiger partial charge < -0.3 is 5.11 Å². The van der Waals surface area contributed by atoms with Crippen molar-refractivity contribution in [2.24, 2.45) is 0 Å². The molecule has 27 heavy (non-hydrogen) atoms. The molecular weight excluding hydrogens is 382 g/mol. The molecule has 2 saturated carbocycles. The molecule has 1 aromatic carbocycles. The van der Waals surface area contributed by atoms with Crippen LogP contribution in [0.15, 0.2) is 29.2 Å². The molecule has 0 heterocycles. The average Bonchev–Trinajstić information content (AvgIpc) is 2.67. The van der Waals surface area contributed by atoms with E-state index in [9.17, 15) is 13.5 Å². The molecule has 0 unspecified atom stereocenters. The molecule has 0 radical (unpaired) electrons. The molecule has 0 bridgehead atoms. The molecule has 2 fully saturated rings. The quantitative estimate of drug-likeness (QED) is 0.684. The van der Waals surface area contributed by atoms with E-state index in [1.54, 1.807) is 0 Å². The number of hydrogen-bond donors (Lipinski definition) is 1. The predicted octanol–water partition coefficient (Wildman–Crippen LogP) is 4.95. The van der Waals surface area contributed by atoms with Gasteiger partial charge in [-0.25, -0.2) is 8.42 Å². The van der Waals surface area contributed by atoms with E-state index in [1.807, 2.05) is 0 Å². The number of hydrogen-bond acceptors (Lipinski definition) is 4. The Morgan fingerprint density at radius 2 is 1.33 bits per heavy atom. The van der Waals surface area contributed by atoms with Gasteiger partial charge in [0.05, 0.1) is 10.6 Å². The zero-order valence-corrected chi connectivity index (χ0v) is 17.8. The highest BCUT2D eigenvalue weighted by atomic mass is 35.5. The molecule has 6 heteroatoms. The highest BCUT2D eigenvalue weighted by Gasteiger charge is 2.28. The first-order valence-corrected chi connectivity index (χ1v) is 12.0. The summed E-state index contributed by atoms with van der Waals surface area (Å²) in [6.07, 6.45) is 13.8. The predicted molar refractivity (Wildman–Crippen MR) is 112 cm³/mol. The van der Waals surface area contributed by atoms with Crippen molar-refractivity contribution in [2.75, 3.05) is 12.3 Å². The van der Waals surface area contributed by atoms with Crippen LogP contribution in [0.25, 0.3) is 0 Å². The summed E-state index contributed by atoms with van der Waals surface area (Å²) in [5.74, 6) is 0.290. The van der Waals surface area contributed by atoms with Crippen LogP contribution < -0.4 is 0 Å². The third kappa shape index (κ3) is 6.37. The van der Waals surface area contributed by atoms with E-state index >= 15 is 0 Å². The van der Waals surface area contributed by atoms with Gasteiger partial charge in [0, 0.05) is 12.1 Å². The van der Waals surface area contributed by atoms with Crippen molar-refractivity contribution in [1.29, 1.82) is 0 Å². The van der Waals surface area contributed by atoms with Gasteiger partial charge in [0.1, 0.15) is 5.75 Å². The molecule has 0 spiro atoms. The Morgan fingerprint density at radius 3 is 1.81 bits per heavy atom. The number of phenols is 1. The largest absolute Gasteiger partial charge is 0.508 e. The van der Waals surface area contributed by atoms with E-state index in [1.165, 1.54) is 88.5 Å². The van der Waals surface area contributed by atoms with Crippen molar-refractivity contribution in [1.82, 2.24) is 4.90 Å². The van der Waals surface area contributed by atoms with Crippen molar-refractivity contribution >= 4 is 22.2 Å². The number of rotatable bonds is 7. The van der Waals surface area contributed by atoms with Gasteiger partial charge >= 0.3 is 0 Å². The number of halogens is 1. The zero-order valence-electron chi connectivity index (χ0n) is 16.2. The Balaban J connectivity index is 0.00000261. The Bertz CT molecular complexity index is 633. The van der Waals surface area contributed by atoms with E-state index in [0.717, 1.165) is 6.54 Å². The number of nitrogens with zero attached hydrogens (tertiary/aromatic N) is 1. The van der Waals surface area contributed by atoms with Crippen LogP contribution >= 0.6 is 12.4 Å². The second-order valence-electron chi connectivity index (χ2n) is 7.99. The molecule has 2 aliphatic rings. The lowest BCUT2D eigenvalue weighted by atomic mass is 9.88. The summed E-state index contributed by atoms with van der Waals surface area (Å²) in [5.41, 5.74) is 0. The lowest BCUT2D eigenvalue weighted by molar-refractivity contribution is 0.0812. The number of benzene rings is 1. The van der Waals surface area contributed by atoms with Gasteiger partial charge in [0.15, 0.2) is 9.84 Å². The second-order valence-corrected chi connectivity index (χ2v) is 10.1. The minimum Gasteiger partial charge on any atom is -0.508 e. The van der Waals surface area contributed by atoms with Crippen molar-refractivity contribution in [3.8, 4) is 5.75 Å². The third-order valence-electron chi connectivity index (χ3n) is 6.11.